The highest BCUT2D eigenvalue weighted by Gasteiger charge is 2.14. The number of hydrogen-bond donors (Lipinski definition) is 2. The van der Waals surface area contributed by atoms with Crippen molar-refractivity contribution >= 4 is 56.5 Å². The van der Waals surface area contributed by atoms with Gasteiger partial charge in [0.25, 0.3) is 0 Å². The van der Waals surface area contributed by atoms with Crippen LogP contribution in [-0.2, 0) is 13.1 Å². The molecule has 2 N–H and O–H groups in total. The Morgan fingerprint density at radius 1 is 1.03 bits per heavy atom. The summed E-state index contributed by atoms with van der Waals surface area (Å²) in [6, 6.07) is 20.6. The summed E-state index contributed by atoms with van der Waals surface area (Å²) < 4.78 is 1.01. The summed E-state index contributed by atoms with van der Waals surface area (Å²) in [4.78, 5) is 13.2. The third-order valence-corrected chi connectivity index (χ3v) is 5.96. The minimum absolute atomic E-state index is 0.258. The van der Waals surface area contributed by atoms with Gasteiger partial charge in [-0.05, 0) is 72.2 Å². The summed E-state index contributed by atoms with van der Waals surface area (Å²) in [6.45, 7) is 3.07. The highest BCUT2D eigenvalue weighted by Crippen LogP contribution is 2.24. The normalized spacial score (nSPS) is 10.5. The van der Waals surface area contributed by atoms with Crippen molar-refractivity contribution in [3.63, 3.8) is 0 Å². The van der Waals surface area contributed by atoms with Crippen molar-refractivity contribution < 1.29 is 9.90 Å². The topological polar surface area (TPSA) is 52.6 Å². The van der Waals surface area contributed by atoms with Crippen molar-refractivity contribution in [2.24, 2.45) is 0 Å². The molecule has 0 aliphatic carbocycles. The highest BCUT2D eigenvalue weighted by atomic mass is 79.9. The number of carbonyl (C=O) groups is 1. The van der Waals surface area contributed by atoms with Crippen LogP contribution in [0.2, 0.25) is 5.02 Å². The molecule has 0 aliphatic rings. The number of halogens is 2. The number of carboxylic acids is 1. The van der Waals surface area contributed by atoms with E-state index < -0.39 is 5.97 Å². The molecule has 0 spiro atoms. The molecule has 0 fully saturated rings. The van der Waals surface area contributed by atoms with Crippen molar-refractivity contribution in [3.8, 4) is 0 Å². The second kappa shape index (κ2) is 10.1. The summed E-state index contributed by atoms with van der Waals surface area (Å²) in [6.07, 6.45) is 0. The van der Waals surface area contributed by atoms with Gasteiger partial charge in [-0.1, -0.05) is 57.9 Å². The maximum atomic E-state index is 11.1. The molecule has 154 valence electrons. The lowest BCUT2D eigenvalue weighted by Gasteiger charge is -2.27. The number of nitrogens with zero attached hydrogens (tertiary/aromatic N) is 1. The fraction of sp³-hybridized carbons (Fsp3) is 0.130. The van der Waals surface area contributed by atoms with Crippen LogP contribution in [0.25, 0.3) is 0 Å². The summed E-state index contributed by atoms with van der Waals surface area (Å²) in [7, 11) is 0. The summed E-state index contributed by atoms with van der Waals surface area (Å²) >= 11 is 15.4. The predicted molar refractivity (Wildman–Crippen MR) is 129 cm³/mol. The Hall–Kier alpha value is -2.41. The molecule has 0 heterocycles. The Bertz CT molecular complexity index is 1060. The molecule has 0 unspecified atom stereocenters. The molecule has 0 saturated carbocycles. The maximum Gasteiger partial charge on any atom is 0.335 e. The molecule has 4 nitrogen and oxygen atoms in total. The van der Waals surface area contributed by atoms with Crippen LogP contribution in [0.15, 0.2) is 71.2 Å². The number of anilines is 1. The maximum absolute atomic E-state index is 11.1. The van der Waals surface area contributed by atoms with Gasteiger partial charge in [-0.25, -0.2) is 4.79 Å². The van der Waals surface area contributed by atoms with Gasteiger partial charge in [0, 0.05) is 28.3 Å². The number of aromatic carboxylic acids is 1. The molecule has 30 heavy (non-hydrogen) atoms. The first kappa shape index (κ1) is 22.3. The lowest BCUT2D eigenvalue weighted by Crippen LogP contribution is -2.34. The van der Waals surface area contributed by atoms with E-state index in [0.717, 1.165) is 26.9 Å². The third-order valence-electron chi connectivity index (χ3n) is 4.66. The molecule has 0 atom stereocenters. The van der Waals surface area contributed by atoms with E-state index in [-0.39, 0.29) is 5.56 Å². The molecule has 0 aromatic heterocycles. The van der Waals surface area contributed by atoms with Crippen molar-refractivity contribution in [1.82, 2.24) is 4.90 Å². The monoisotopic (exact) mass is 502 g/mol. The van der Waals surface area contributed by atoms with Crippen LogP contribution in [0.5, 0.6) is 0 Å². The van der Waals surface area contributed by atoms with E-state index in [1.807, 2.05) is 66.4 Å². The van der Waals surface area contributed by atoms with Crippen LogP contribution in [0.1, 0.15) is 27.0 Å². The van der Waals surface area contributed by atoms with E-state index in [0.29, 0.717) is 23.2 Å². The Labute approximate surface area is 194 Å². The largest absolute Gasteiger partial charge is 0.478 e. The van der Waals surface area contributed by atoms with E-state index in [1.54, 1.807) is 12.1 Å². The van der Waals surface area contributed by atoms with Crippen molar-refractivity contribution in [1.29, 1.82) is 0 Å². The number of nitrogens with one attached hydrogen (secondary N) is 1. The highest BCUT2D eigenvalue weighted by molar-refractivity contribution is 9.10. The van der Waals surface area contributed by atoms with Crippen LogP contribution >= 0.6 is 39.7 Å². The number of rotatable bonds is 6. The molecular weight excluding hydrogens is 484 g/mol. The minimum Gasteiger partial charge on any atom is -0.478 e. The fourth-order valence-electron chi connectivity index (χ4n) is 2.92. The van der Waals surface area contributed by atoms with Crippen LogP contribution in [0, 0.1) is 6.92 Å². The second-order valence-corrected chi connectivity index (χ2v) is 8.54. The summed E-state index contributed by atoms with van der Waals surface area (Å²) in [5.74, 6) is -0.943. The van der Waals surface area contributed by atoms with Gasteiger partial charge in [-0.2, -0.15) is 0 Å². The van der Waals surface area contributed by atoms with Crippen LogP contribution in [0.3, 0.4) is 0 Å². The lowest BCUT2D eigenvalue weighted by atomic mass is 10.1. The Kier molecular flexibility index (Phi) is 7.48. The lowest BCUT2D eigenvalue weighted by molar-refractivity contribution is 0.0697. The Morgan fingerprint density at radius 2 is 1.60 bits per heavy atom. The molecule has 3 aromatic carbocycles. The van der Waals surface area contributed by atoms with Gasteiger partial charge in [-0.15, -0.1) is 0 Å². The third kappa shape index (κ3) is 5.81. The molecule has 3 rings (SSSR count). The molecule has 0 amide bonds. The Balaban J connectivity index is 1.83. The predicted octanol–water partition coefficient (Wildman–Crippen LogP) is 6.51. The van der Waals surface area contributed by atoms with Gasteiger partial charge < -0.3 is 15.3 Å². The number of thiocarbonyl (C=S) groups is 1. The second-order valence-electron chi connectivity index (χ2n) is 6.83. The van der Waals surface area contributed by atoms with Gasteiger partial charge in [-0.3, -0.25) is 0 Å². The standard InChI is InChI=1S/C23H20BrClN2O2S/c1-15-20(25)3-2-4-21(15)26-23(30)27(14-17-7-11-19(24)12-8-17)13-16-5-9-18(10-6-16)22(28)29/h2-12H,13-14H2,1H3,(H,26,30)(H,28,29). The zero-order chi connectivity index (χ0) is 21.7. The first-order valence-electron chi connectivity index (χ1n) is 9.21. The number of carboxylic acid groups (broad SMARTS) is 1. The first-order chi connectivity index (χ1) is 14.3. The molecule has 3 aromatic rings. The molecule has 0 bridgehead atoms. The fourth-order valence-corrected chi connectivity index (χ4v) is 3.60. The Morgan fingerprint density at radius 3 is 2.17 bits per heavy atom. The minimum atomic E-state index is -0.943. The number of benzene rings is 3. The smallest absolute Gasteiger partial charge is 0.335 e. The van der Waals surface area contributed by atoms with Gasteiger partial charge >= 0.3 is 5.97 Å². The van der Waals surface area contributed by atoms with E-state index in [2.05, 4.69) is 21.2 Å². The van der Waals surface area contributed by atoms with Crippen LogP contribution in [0.4, 0.5) is 5.69 Å². The van der Waals surface area contributed by atoms with E-state index >= 15 is 0 Å². The zero-order valence-corrected chi connectivity index (χ0v) is 19.4. The van der Waals surface area contributed by atoms with E-state index in [1.165, 1.54) is 0 Å². The van der Waals surface area contributed by atoms with E-state index in [4.69, 9.17) is 28.9 Å². The quantitative estimate of drug-likeness (QED) is 0.376. The van der Waals surface area contributed by atoms with Crippen LogP contribution < -0.4 is 5.32 Å². The number of hydrogen-bond acceptors (Lipinski definition) is 2. The van der Waals surface area contributed by atoms with Crippen molar-refractivity contribution in [2.45, 2.75) is 20.0 Å². The summed E-state index contributed by atoms with van der Waals surface area (Å²) in [5, 5.41) is 13.7. The van der Waals surface area contributed by atoms with Gasteiger partial charge in [0.2, 0.25) is 0 Å². The SMILES string of the molecule is Cc1c(Cl)cccc1NC(=S)N(Cc1ccc(Br)cc1)Cc1ccc(C(=O)O)cc1. The van der Waals surface area contributed by atoms with Crippen molar-refractivity contribution in [3.05, 3.63) is 98.5 Å². The van der Waals surface area contributed by atoms with Crippen LogP contribution in [-0.4, -0.2) is 21.1 Å². The van der Waals surface area contributed by atoms with Gasteiger partial charge in [0.1, 0.15) is 0 Å². The average molecular weight is 504 g/mol. The molecule has 0 saturated heterocycles. The molecule has 0 aliphatic heterocycles. The molecule has 7 heteroatoms. The van der Waals surface area contributed by atoms with Gasteiger partial charge in [0.05, 0.1) is 5.56 Å². The summed E-state index contributed by atoms with van der Waals surface area (Å²) in [5.41, 5.74) is 4.11. The van der Waals surface area contributed by atoms with E-state index in [9.17, 15) is 4.79 Å². The first-order valence-corrected chi connectivity index (χ1v) is 10.8. The van der Waals surface area contributed by atoms with Gasteiger partial charge in [0.15, 0.2) is 5.11 Å². The molecular formula is C23H20BrClN2O2S. The average Bonchev–Trinajstić information content (AvgIpc) is 2.73. The van der Waals surface area contributed by atoms with Crippen molar-refractivity contribution in [2.75, 3.05) is 5.32 Å². The molecule has 0 radical (unpaired) electrons. The zero-order valence-electron chi connectivity index (χ0n) is 16.2.